The molecule has 0 heterocycles. The second kappa shape index (κ2) is 14.6. The fraction of sp³-hybridized carbons (Fsp3) is 0.0667. The predicted molar refractivity (Wildman–Crippen MR) is 155 cm³/mol. The van der Waals surface area contributed by atoms with Gasteiger partial charge in [-0.1, -0.05) is 109 Å². The molecule has 0 aromatic heterocycles. The first-order valence-corrected chi connectivity index (χ1v) is 12.0. The second-order valence-electron chi connectivity index (χ2n) is 8.17. The molecule has 0 radical (unpaired) electrons. The van der Waals surface area contributed by atoms with Crippen molar-refractivity contribution in [2.45, 2.75) is 0 Å². The van der Waals surface area contributed by atoms with Crippen LogP contribution in [0.5, 0.6) is 11.5 Å². The number of para-hydroxylation sites is 2. The van der Waals surface area contributed by atoms with Crippen molar-refractivity contribution in [3.05, 3.63) is 131 Å². The molecule has 0 bridgehead atoms. The van der Waals surface area contributed by atoms with Crippen molar-refractivity contribution < 1.29 is 29.6 Å². The molecule has 0 aliphatic rings. The maximum absolute atomic E-state index is 9.58. The summed E-state index contributed by atoms with van der Waals surface area (Å²) in [7, 11) is -0.00106. The Morgan fingerprint density at radius 2 is 0.816 bits per heavy atom. The number of rotatable bonds is 8. The van der Waals surface area contributed by atoms with Crippen molar-refractivity contribution in [3.8, 4) is 11.5 Å². The van der Waals surface area contributed by atoms with E-state index in [-0.39, 0.29) is 0 Å². The van der Waals surface area contributed by atoms with E-state index in [1.807, 2.05) is 84.9 Å². The van der Waals surface area contributed by atoms with E-state index in [1.54, 1.807) is 50.6 Å². The molecule has 4 aromatic carbocycles. The molecule has 0 fully saturated rings. The van der Waals surface area contributed by atoms with Crippen LogP contribution < -0.4 is 9.47 Å². The fourth-order valence-electron chi connectivity index (χ4n) is 3.81. The van der Waals surface area contributed by atoms with Gasteiger partial charge < -0.3 is 29.6 Å². The number of benzene rings is 4. The van der Waals surface area contributed by atoms with Crippen molar-refractivity contribution >= 4 is 37.3 Å². The molecule has 0 aliphatic heterocycles. The highest BCUT2D eigenvalue weighted by Gasteiger charge is 2.21. The molecule has 0 saturated heterocycles. The lowest BCUT2D eigenvalue weighted by atomic mass is 9.74. The Hall–Kier alpha value is -4.07. The van der Waals surface area contributed by atoms with E-state index < -0.39 is 14.2 Å². The largest absolute Gasteiger partial charge is 0.496 e. The van der Waals surface area contributed by atoms with Crippen LogP contribution in [-0.4, -0.2) is 48.6 Å². The molecule has 0 unspecified atom stereocenters. The average molecular weight is 508 g/mol. The lowest BCUT2D eigenvalue weighted by Gasteiger charge is -2.11. The van der Waals surface area contributed by atoms with Gasteiger partial charge in [-0.05, 0) is 34.2 Å². The van der Waals surface area contributed by atoms with Gasteiger partial charge in [-0.15, -0.1) is 0 Å². The highest BCUT2D eigenvalue weighted by atomic mass is 16.5. The summed E-state index contributed by atoms with van der Waals surface area (Å²) in [4.78, 5) is 0. The zero-order valence-electron chi connectivity index (χ0n) is 21.3. The lowest BCUT2D eigenvalue weighted by Crippen LogP contribution is -2.14. The standard InChI is InChI=1S/2C15H15BO3/c2*1-19-15-10-6-5-9-13(15)14(16(17)18)11-12-7-3-2-4-8-12/h2*2-11,17-18H,1H3/b2*14-11-. The van der Waals surface area contributed by atoms with E-state index in [1.165, 1.54) is 0 Å². The first kappa shape index (κ1) is 28.5. The summed E-state index contributed by atoms with van der Waals surface area (Å²) >= 11 is 0. The molecular formula is C30H30B2O6. The van der Waals surface area contributed by atoms with Crippen molar-refractivity contribution in [1.82, 2.24) is 0 Å². The van der Waals surface area contributed by atoms with E-state index in [2.05, 4.69) is 0 Å². The minimum atomic E-state index is -1.56. The highest BCUT2D eigenvalue weighted by molar-refractivity contribution is 6.68. The van der Waals surface area contributed by atoms with E-state index in [4.69, 9.17) is 9.47 Å². The molecule has 4 N–H and O–H groups in total. The summed E-state index contributed by atoms with van der Waals surface area (Å²) in [5.74, 6) is 1.22. The third-order valence-electron chi connectivity index (χ3n) is 5.64. The molecule has 4 rings (SSSR count). The van der Waals surface area contributed by atoms with Crippen molar-refractivity contribution in [2.75, 3.05) is 14.2 Å². The van der Waals surface area contributed by atoms with Crippen molar-refractivity contribution in [2.24, 2.45) is 0 Å². The van der Waals surface area contributed by atoms with Gasteiger partial charge in [0, 0.05) is 11.1 Å². The van der Waals surface area contributed by atoms with Gasteiger partial charge in [-0.3, -0.25) is 0 Å². The molecule has 0 spiro atoms. The molecule has 0 amide bonds. The highest BCUT2D eigenvalue weighted by Crippen LogP contribution is 2.29. The molecular weight excluding hydrogens is 478 g/mol. The van der Waals surface area contributed by atoms with Crippen LogP contribution in [0.1, 0.15) is 22.3 Å². The maximum atomic E-state index is 9.58. The van der Waals surface area contributed by atoms with E-state index >= 15 is 0 Å². The number of methoxy groups -OCH3 is 2. The van der Waals surface area contributed by atoms with Gasteiger partial charge in [0.05, 0.1) is 14.2 Å². The molecule has 0 aliphatic carbocycles. The van der Waals surface area contributed by atoms with Gasteiger partial charge in [0.15, 0.2) is 0 Å². The molecule has 0 saturated carbocycles. The second-order valence-corrected chi connectivity index (χ2v) is 8.17. The summed E-state index contributed by atoms with van der Waals surface area (Å²) in [6.07, 6.45) is 3.48. The third-order valence-corrected chi connectivity index (χ3v) is 5.64. The molecule has 8 heteroatoms. The summed E-state index contributed by atoms with van der Waals surface area (Å²) in [5.41, 5.74) is 3.95. The van der Waals surface area contributed by atoms with Crippen molar-refractivity contribution in [1.29, 1.82) is 0 Å². The van der Waals surface area contributed by atoms with Gasteiger partial charge in [0.2, 0.25) is 0 Å². The van der Waals surface area contributed by atoms with Gasteiger partial charge >= 0.3 is 14.2 Å². The van der Waals surface area contributed by atoms with Crippen LogP contribution in [-0.2, 0) is 0 Å². The van der Waals surface area contributed by atoms with Gasteiger partial charge in [-0.25, -0.2) is 0 Å². The van der Waals surface area contributed by atoms with Crippen LogP contribution in [0.15, 0.2) is 109 Å². The summed E-state index contributed by atoms with van der Waals surface area (Å²) in [6, 6.07) is 33.5. The van der Waals surface area contributed by atoms with E-state index in [9.17, 15) is 20.1 Å². The van der Waals surface area contributed by atoms with Crippen LogP contribution in [0.25, 0.3) is 23.1 Å². The van der Waals surface area contributed by atoms with E-state index in [0.717, 1.165) is 11.1 Å². The first-order chi connectivity index (χ1) is 18.4. The normalized spacial score (nSPS) is 11.2. The molecule has 0 atom stereocenters. The van der Waals surface area contributed by atoms with Gasteiger partial charge in [0.1, 0.15) is 11.5 Å². The minimum absolute atomic E-state index is 0.406. The van der Waals surface area contributed by atoms with Gasteiger partial charge in [-0.2, -0.15) is 0 Å². The molecule has 38 heavy (non-hydrogen) atoms. The summed E-state index contributed by atoms with van der Waals surface area (Å²) in [5, 5.41) is 38.3. The zero-order chi connectivity index (χ0) is 27.3. The fourth-order valence-corrected chi connectivity index (χ4v) is 3.81. The monoisotopic (exact) mass is 508 g/mol. The SMILES string of the molecule is COc1ccccc1/C(=C/c1ccccc1)B(O)O.COc1ccccc1/C(=C/c1ccccc1)B(O)O. The maximum Gasteiger partial charge on any atom is 0.489 e. The third kappa shape index (κ3) is 7.96. The van der Waals surface area contributed by atoms with Crippen LogP contribution in [0, 0.1) is 0 Å². The number of ether oxygens (including phenoxy) is 2. The summed E-state index contributed by atoms with van der Waals surface area (Å²) in [6.45, 7) is 0. The Bertz CT molecular complexity index is 1230. The average Bonchev–Trinajstić information content (AvgIpc) is 2.96. The van der Waals surface area contributed by atoms with Crippen LogP contribution in [0.2, 0.25) is 0 Å². The Morgan fingerprint density at radius 1 is 0.500 bits per heavy atom. The van der Waals surface area contributed by atoms with Gasteiger partial charge in [0.25, 0.3) is 0 Å². The smallest absolute Gasteiger partial charge is 0.489 e. The molecule has 192 valence electrons. The Labute approximate surface area is 224 Å². The molecule has 4 aromatic rings. The lowest BCUT2D eigenvalue weighted by molar-refractivity contribution is 0.410. The van der Waals surface area contributed by atoms with Crippen LogP contribution >= 0.6 is 0 Å². The summed E-state index contributed by atoms with van der Waals surface area (Å²) < 4.78 is 10.5. The van der Waals surface area contributed by atoms with Crippen LogP contribution in [0.4, 0.5) is 0 Å². The Balaban J connectivity index is 0.000000211. The molecule has 6 nitrogen and oxygen atoms in total. The number of hydrogen-bond acceptors (Lipinski definition) is 6. The van der Waals surface area contributed by atoms with E-state index in [0.29, 0.717) is 33.6 Å². The van der Waals surface area contributed by atoms with Crippen LogP contribution in [0.3, 0.4) is 0 Å². The Kier molecular flexibility index (Phi) is 11.0. The topological polar surface area (TPSA) is 99.4 Å². The predicted octanol–water partition coefficient (Wildman–Crippen LogP) is 4.50. The Morgan fingerprint density at radius 3 is 1.13 bits per heavy atom. The number of hydrogen-bond donors (Lipinski definition) is 4. The zero-order valence-corrected chi connectivity index (χ0v) is 21.3. The minimum Gasteiger partial charge on any atom is -0.496 e. The van der Waals surface area contributed by atoms with Crippen molar-refractivity contribution in [3.63, 3.8) is 0 Å². The quantitative estimate of drug-likeness (QED) is 0.207. The first-order valence-electron chi connectivity index (χ1n) is 12.0.